The minimum atomic E-state index is -0.442. The number of esters is 1. The molecule has 32 heavy (non-hydrogen) atoms. The van der Waals surface area contributed by atoms with E-state index in [1.165, 1.54) is 28.0 Å². The number of nitrogens with one attached hydrogen (secondary N) is 1. The molecule has 1 aliphatic rings. The molecule has 1 N–H and O–H groups in total. The van der Waals surface area contributed by atoms with Crippen LogP contribution in [-0.2, 0) is 28.9 Å². The summed E-state index contributed by atoms with van der Waals surface area (Å²) in [5.74, 6) is 0.782. The van der Waals surface area contributed by atoms with E-state index in [2.05, 4.69) is 22.4 Å². The number of furan rings is 1. The smallest absolute Gasteiger partial charge is 0.341 e. The van der Waals surface area contributed by atoms with Gasteiger partial charge < -0.3 is 19.0 Å². The molecule has 2 atom stereocenters. The lowest BCUT2D eigenvalue weighted by Gasteiger charge is -2.18. The Labute approximate surface area is 194 Å². The number of nitrogens with zero attached hydrogens (tertiary/aromatic N) is 3. The van der Waals surface area contributed by atoms with Gasteiger partial charge in [0.15, 0.2) is 5.16 Å². The summed E-state index contributed by atoms with van der Waals surface area (Å²) in [4.78, 5) is 26.9. The van der Waals surface area contributed by atoms with Gasteiger partial charge in [-0.25, -0.2) is 4.79 Å². The molecule has 8 nitrogen and oxygen atoms in total. The number of thiophene rings is 1. The molecule has 4 rings (SSSR count). The zero-order valence-corrected chi connectivity index (χ0v) is 19.9. The van der Waals surface area contributed by atoms with Crippen LogP contribution in [0.3, 0.4) is 0 Å². The van der Waals surface area contributed by atoms with Crippen molar-refractivity contribution in [2.75, 3.05) is 11.9 Å². The molecule has 0 aromatic carbocycles. The third-order valence-corrected chi connectivity index (χ3v) is 7.63. The molecule has 170 valence electrons. The number of amides is 1. The Morgan fingerprint density at radius 2 is 2.31 bits per heavy atom. The van der Waals surface area contributed by atoms with Gasteiger partial charge in [0.25, 0.3) is 0 Å². The van der Waals surface area contributed by atoms with Crippen molar-refractivity contribution >= 4 is 40.0 Å². The average molecular weight is 475 g/mol. The van der Waals surface area contributed by atoms with Crippen LogP contribution < -0.4 is 5.32 Å². The number of anilines is 1. The average Bonchev–Trinajstić information content (AvgIpc) is 3.49. The fourth-order valence-corrected chi connectivity index (χ4v) is 5.92. The van der Waals surface area contributed by atoms with Gasteiger partial charge in [0.1, 0.15) is 17.1 Å². The number of rotatable bonds is 8. The lowest BCUT2D eigenvalue weighted by molar-refractivity contribution is -0.115. The number of hydrogen-bond acceptors (Lipinski definition) is 8. The van der Waals surface area contributed by atoms with E-state index >= 15 is 0 Å². The number of thioether (sulfide) groups is 1. The van der Waals surface area contributed by atoms with Crippen molar-refractivity contribution in [1.29, 1.82) is 0 Å². The number of carbonyl (C=O) groups is 2. The molecule has 3 aromatic heterocycles. The van der Waals surface area contributed by atoms with Gasteiger partial charge in [-0.3, -0.25) is 4.79 Å². The Balaban J connectivity index is 1.49. The van der Waals surface area contributed by atoms with E-state index in [0.717, 1.165) is 30.6 Å². The van der Waals surface area contributed by atoms with Crippen LogP contribution in [0.5, 0.6) is 0 Å². The van der Waals surface area contributed by atoms with Crippen LogP contribution in [0.1, 0.15) is 53.8 Å². The maximum absolute atomic E-state index is 13.0. The van der Waals surface area contributed by atoms with E-state index < -0.39 is 5.25 Å². The summed E-state index contributed by atoms with van der Waals surface area (Å²) in [6.07, 6.45) is 6.01. The highest BCUT2D eigenvalue weighted by Gasteiger charge is 2.30. The molecule has 0 fully saturated rings. The molecule has 3 heterocycles. The highest BCUT2D eigenvalue weighted by molar-refractivity contribution is 8.00. The van der Waals surface area contributed by atoms with Crippen molar-refractivity contribution in [3.8, 4) is 0 Å². The van der Waals surface area contributed by atoms with Crippen LogP contribution in [-0.4, -0.2) is 38.5 Å². The molecule has 0 saturated heterocycles. The highest BCUT2D eigenvalue weighted by Crippen LogP contribution is 2.40. The van der Waals surface area contributed by atoms with E-state index in [1.807, 2.05) is 23.6 Å². The molecule has 0 bridgehead atoms. The fourth-order valence-electron chi connectivity index (χ4n) is 3.70. The van der Waals surface area contributed by atoms with Crippen molar-refractivity contribution in [3.63, 3.8) is 0 Å². The molecule has 1 amide bonds. The Hall–Kier alpha value is -2.59. The molecule has 0 radical (unpaired) electrons. The predicted octanol–water partition coefficient (Wildman–Crippen LogP) is 4.40. The number of carbonyl (C=O) groups excluding carboxylic acids is 2. The van der Waals surface area contributed by atoms with Gasteiger partial charge in [-0.2, -0.15) is 0 Å². The Morgan fingerprint density at radius 1 is 1.47 bits per heavy atom. The maximum Gasteiger partial charge on any atom is 0.341 e. The monoisotopic (exact) mass is 474 g/mol. The quantitative estimate of drug-likeness (QED) is 0.381. The normalized spacial score (nSPS) is 16.4. The SMILES string of the molecule is CCOC(=O)c1c(NC(=O)[C@H](C)Sc2nncn2Cc2ccco2)sc2c1CC[C@@H](C)C2. The molecule has 0 spiro atoms. The van der Waals surface area contributed by atoms with Gasteiger partial charge in [0.05, 0.1) is 30.2 Å². The van der Waals surface area contributed by atoms with Crippen LogP contribution in [0.4, 0.5) is 5.00 Å². The Bertz CT molecular complexity index is 1090. The standard InChI is InChI=1S/C22H26N4O4S2/c1-4-29-21(28)18-16-8-7-13(2)10-17(16)32-20(18)24-19(27)14(3)31-22-25-23-12-26(22)11-15-6-5-9-30-15/h5-6,9,12-14H,4,7-8,10-11H2,1-3H3,(H,24,27)/t13-,14+/m1/s1. The molecular formula is C22H26N4O4S2. The van der Waals surface area contributed by atoms with Gasteiger partial charge in [-0.1, -0.05) is 18.7 Å². The topological polar surface area (TPSA) is 99.2 Å². The van der Waals surface area contributed by atoms with Crippen molar-refractivity contribution in [2.45, 2.75) is 57.0 Å². The molecule has 1 aliphatic carbocycles. The Morgan fingerprint density at radius 3 is 3.06 bits per heavy atom. The van der Waals surface area contributed by atoms with E-state index in [9.17, 15) is 9.59 Å². The first kappa shape index (κ1) is 22.6. The summed E-state index contributed by atoms with van der Waals surface area (Å²) < 4.78 is 12.5. The van der Waals surface area contributed by atoms with Crippen molar-refractivity contribution in [2.24, 2.45) is 5.92 Å². The minimum Gasteiger partial charge on any atom is -0.467 e. The second-order valence-corrected chi connectivity index (χ2v) is 10.3. The predicted molar refractivity (Wildman–Crippen MR) is 123 cm³/mol. The van der Waals surface area contributed by atoms with Crippen molar-refractivity contribution < 1.29 is 18.7 Å². The zero-order valence-electron chi connectivity index (χ0n) is 18.3. The zero-order chi connectivity index (χ0) is 22.7. The van der Waals surface area contributed by atoms with E-state index in [-0.39, 0.29) is 11.9 Å². The third kappa shape index (κ3) is 4.91. The van der Waals surface area contributed by atoms with Crippen LogP contribution in [0, 0.1) is 5.92 Å². The molecule has 0 aliphatic heterocycles. The summed E-state index contributed by atoms with van der Waals surface area (Å²) in [6, 6.07) is 3.70. The van der Waals surface area contributed by atoms with Gasteiger partial charge in [-0.05, 0) is 56.7 Å². The van der Waals surface area contributed by atoms with E-state index in [4.69, 9.17) is 9.15 Å². The fraction of sp³-hybridized carbons (Fsp3) is 0.455. The van der Waals surface area contributed by atoms with Gasteiger partial charge >= 0.3 is 5.97 Å². The van der Waals surface area contributed by atoms with Gasteiger partial charge in [0.2, 0.25) is 5.91 Å². The molecule has 0 saturated carbocycles. The molecule has 10 heteroatoms. The summed E-state index contributed by atoms with van der Waals surface area (Å²) in [7, 11) is 0. The van der Waals surface area contributed by atoms with Crippen LogP contribution in [0.2, 0.25) is 0 Å². The van der Waals surface area contributed by atoms with Crippen LogP contribution in [0.25, 0.3) is 0 Å². The summed E-state index contributed by atoms with van der Waals surface area (Å²) in [6.45, 7) is 6.59. The number of fused-ring (bicyclic) bond motifs is 1. The summed E-state index contributed by atoms with van der Waals surface area (Å²) >= 11 is 2.80. The summed E-state index contributed by atoms with van der Waals surface area (Å²) in [5, 5.41) is 11.8. The van der Waals surface area contributed by atoms with E-state index in [0.29, 0.717) is 34.8 Å². The molecule has 3 aromatic rings. The molecular weight excluding hydrogens is 448 g/mol. The highest BCUT2D eigenvalue weighted by atomic mass is 32.2. The lowest BCUT2D eigenvalue weighted by Crippen LogP contribution is -2.24. The van der Waals surface area contributed by atoms with Crippen molar-refractivity contribution in [1.82, 2.24) is 14.8 Å². The van der Waals surface area contributed by atoms with Crippen LogP contribution >= 0.6 is 23.1 Å². The first-order valence-electron chi connectivity index (χ1n) is 10.7. The van der Waals surface area contributed by atoms with Gasteiger partial charge in [0, 0.05) is 4.88 Å². The number of aromatic nitrogens is 3. The van der Waals surface area contributed by atoms with E-state index in [1.54, 1.807) is 19.5 Å². The lowest BCUT2D eigenvalue weighted by atomic mass is 9.88. The number of hydrogen-bond donors (Lipinski definition) is 1. The first-order chi connectivity index (χ1) is 15.5. The third-order valence-electron chi connectivity index (χ3n) is 5.37. The van der Waals surface area contributed by atoms with Crippen LogP contribution in [0.15, 0.2) is 34.3 Å². The van der Waals surface area contributed by atoms with Crippen molar-refractivity contribution in [3.05, 3.63) is 46.5 Å². The maximum atomic E-state index is 13.0. The minimum absolute atomic E-state index is 0.195. The largest absolute Gasteiger partial charge is 0.467 e. The second kappa shape index (κ2) is 9.91. The summed E-state index contributed by atoms with van der Waals surface area (Å²) in [5.41, 5.74) is 1.55. The molecule has 0 unspecified atom stereocenters. The second-order valence-electron chi connectivity index (χ2n) is 7.85. The van der Waals surface area contributed by atoms with Gasteiger partial charge in [-0.15, -0.1) is 21.5 Å². The Kier molecular flexibility index (Phi) is 7.00. The number of ether oxygens (including phenoxy) is 1. The first-order valence-corrected chi connectivity index (χ1v) is 12.3.